The molecule has 6 N–H and O–H groups in total. The molecular formula is C10H16N6O2S. The molecule has 0 unspecified atom stereocenters. The maximum atomic E-state index is 11.5. The molecule has 0 saturated heterocycles. The lowest BCUT2D eigenvalue weighted by Gasteiger charge is -2.05. The third-order valence-electron chi connectivity index (χ3n) is 1.90. The smallest absolute Gasteiger partial charge is 0.230 e. The highest BCUT2D eigenvalue weighted by Crippen LogP contribution is 2.15. The van der Waals surface area contributed by atoms with Gasteiger partial charge in [0.15, 0.2) is 5.16 Å². The van der Waals surface area contributed by atoms with Gasteiger partial charge >= 0.3 is 0 Å². The van der Waals surface area contributed by atoms with Crippen molar-refractivity contribution >= 4 is 35.2 Å². The van der Waals surface area contributed by atoms with Gasteiger partial charge in [-0.05, 0) is 0 Å². The van der Waals surface area contributed by atoms with E-state index in [4.69, 9.17) is 11.5 Å². The van der Waals surface area contributed by atoms with Crippen LogP contribution >= 0.6 is 11.8 Å². The number of rotatable bonds is 6. The Morgan fingerprint density at radius 2 is 1.79 bits per heavy atom. The monoisotopic (exact) mass is 284 g/mol. The number of amides is 2. The molecule has 0 atom stereocenters. The summed E-state index contributed by atoms with van der Waals surface area (Å²) >= 11 is 1.14. The van der Waals surface area contributed by atoms with Gasteiger partial charge < -0.3 is 22.1 Å². The molecule has 0 fully saturated rings. The lowest BCUT2D eigenvalue weighted by atomic mass is 10.5. The van der Waals surface area contributed by atoms with E-state index >= 15 is 0 Å². The van der Waals surface area contributed by atoms with Crippen molar-refractivity contribution in [2.75, 3.05) is 30.3 Å². The molecule has 1 aromatic rings. The van der Waals surface area contributed by atoms with E-state index in [1.165, 1.54) is 13.0 Å². The van der Waals surface area contributed by atoms with Crippen LogP contribution in [0.1, 0.15) is 6.92 Å². The fraction of sp³-hybridized carbons (Fsp3) is 0.400. The van der Waals surface area contributed by atoms with Gasteiger partial charge in [0.1, 0.15) is 11.6 Å². The second-order valence-electron chi connectivity index (χ2n) is 3.62. The minimum absolute atomic E-state index is 0.132. The van der Waals surface area contributed by atoms with Crippen molar-refractivity contribution in [2.45, 2.75) is 12.1 Å². The third-order valence-corrected chi connectivity index (χ3v) is 2.75. The molecule has 0 aromatic carbocycles. The zero-order chi connectivity index (χ0) is 14.3. The van der Waals surface area contributed by atoms with Crippen LogP contribution in [0, 0.1) is 0 Å². The summed E-state index contributed by atoms with van der Waals surface area (Å²) in [6.45, 7) is 2.19. The minimum Gasteiger partial charge on any atom is -0.383 e. The number of nitrogen functional groups attached to an aromatic ring is 2. The van der Waals surface area contributed by atoms with Crippen molar-refractivity contribution in [2.24, 2.45) is 0 Å². The van der Waals surface area contributed by atoms with E-state index in [1.807, 2.05) is 0 Å². The van der Waals surface area contributed by atoms with E-state index in [1.54, 1.807) is 0 Å². The first-order valence-corrected chi connectivity index (χ1v) is 6.50. The van der Waals surface area contributed by atoms with E-state index in [0.29, 0.717) is 18.2 Å². The number of thioether (sulfide) groups is 1. The zero-order valence-corrected chi connectivity index (χ0v) is 11.3. The lowest BCUT2D eigenvalue weighted by Crippen LogP contribution is -2.34. The molecule has 0 radical (unpaired) electrons. The summed E-state index contributed by atoms with van der Waals surface area (Å²) in [5, 5.41) is 5.57. The topological polar surface area (TPSA) is 136 Å². The molecule has 0 spiro atoms. The van der Waals surface area contributed by atoms with E-state index in [9.17, 15) is 9.59 Å². The third kappa shape index (κ3) is 6.46. The van der Waals surface area contributed by atoms with E-state index in [-0.39, 0.29) is 29.2 Å². The number of anilines is 2. The highest BCUT2D eigenvalue weighted by molar-refractivity contribution is 7.99. The SMILES string of the molecule is CC(=O)NCCNC(=O)CSc1nc(N)cc(N)n1. The summed E-state index contributed by atoms with van der Waals surface area (Å²) in [7, 11) is 0. The highest BCUT2D eigenvalue weighted by Gasteiger charge is 2.06. The number of nitrogens with zero attached hydrogens (tertiary/aromatic N) is 2. The maximum Gasteiger partial charge on any atom is 0.230 e. The van der Waals surface area contributed by atoms with Crippen LogP contribution in [-0.4, -0.2) is 40.6 Å². The number of carbonyl (C=O) groups is 2. The Morgan fingerprint density at radius 1 is 1.21 bits per heavy atom. The second kappa shape index (κ2) is 7.41. The average Bonchev–Trinajstić information content (AvgIpc) is 2.31. The zero-order valence-electron chi connectivity index (χ0n) is 10.5. The summed E-state index contributed by atoms with van der Waals surface area (Å²) in [4.78, 5) is 29.9. The van der Waals surface area contributed by atoms with Gasteiger partial charge in [-0.2, -0.15) is 0 Å². The predicted molar refractivity (Wildman–Crippen MR) is 73.3 cm³/mol. The van der Waals surface area contributed by atoms with Crippen LogP contribution in [-0.2, 0) is 9.59 Å². The standard InChI is InChI=1S/C10H16N6O2S/c1-6(17)13-2-3-14-9(18)5-19-10-15-7(11)4-8(12)16-10/h4H,2-3,5H2,1H3,(H,13,17)(H,14,18)(H4,11,12,15,16). The Kier molecular flexibility index (Phi) is 5.86. The van der Waals surface area contributed by atoms with Crippen LogP contribution in [0.5, 0.6) is 0 Å². The van der Waals surface area contributed by atoms with Gasteiger partial charge in [0.25, 0.3) is 0 Å². The van der Waals surface area contributed by atoms with Gasteiger partial charge in [-0.25, -0.2) is 9.97 Å². The van der Waals surface area contributed by atoms with Crippen LogP contribution in [0.25, 0.3) is 0 Å². The first kappa shape index (κ1) is 15.0. The first-order valence-electron chi connectivity index (χ1n) is 5.51. The summed E-state index contributed by atoms with van der Waals surface area (Å²) < 4.78 is 0. The average molecular weight is 284 g/mol. The molecule has 1 aromatic heterocycles. The van der Waals surface area contributed by atoms with Crippen molar-refractivity contribution in [1.29, 1.82) is 0 Å². The normalized spacial score (nSPS) is 9.95. The number of nitrogens with two attached hydrogens (primary N) is 2. The number of hydrogen-bond donors (Lipinski definition) is 4. The number of nitrogens with one attached hydrogen (secondary N) is 2. The maximum absolute atomic E-state index is 11.5. The minimum atomic E-state index is -0.181. The van der Waals surface area contributed by atoms with E-state index < -0.39 is 0 Å². The molecular weight excluding hydrogens is 268 g/mol. The summed E-state index contributed by atoms with van der Waals surface area (Å²) in [6, 6.07) is 1.44. The van der Waals surface area contributed by atoms with Crippen molar-refractivity contribution in [3.8, 4) is 0 Å². The van der Waals surface area contributed by atoms with Crippen molar-refractivity contribution < 1.29 is 9.59 Å². The molecule has 1 heterocycles. The molecule has 1 rings (SSSR count). The van der Waals surface area contributed by atoms with Crippen molar-refractivity contribution in [1.82, 2.24) is 20.6 Å². The number of carbonyl (C=O) groups excluding carboxylic acids is 2. The van der Waals surface area contributed by atoms with Crippen molar-refractivity contribution in [3.63, 3.8) is 0 Å². The quantitative estimate of drug-likeness (QED) is 0.298. The van der Waals surface area contributed by atoms with E-state index in [0.717, 1.165) is 11.8 Å². The van der Waals surface area contributed by atoms with Crippen LogP contribution < -0.4 is 22.1 Å². The summed E-state index contributed by atoms with van der Waals surface area (Å²) in [5.74, 6) is 0.373. The summed E-state index contributed by atoms with van der Waals surface area (Å²) in [5.41, 5.74) is 11.0. The number of hydrogen-bond acceptors (Lipinski definition) is 7. The van der Waals surface area contributed by atoms with Crippen molar-refractivity contribution in [3.05, 3.63) is 6.07 Å². The van der Waals surface area contributed by atoms with Crippen LogP contribution in [0.4, 0.5) is 11.6 Å². The predicted octanol–water partition coefficient (Wildman–Crippen LogP) is -1.01. The van der Waals surface area contributed by atoms with Gasteiger partial charge in [-0.1, -0.05) is 11.8 Å². The molecule has 0 bridgehead atoms. The Balaban J connectivity index is 2.28. The van der Waals surface area contributed by atoms with Crippen LogP contribution in [0.3, 0.4) is 0 Å². The van der Waals surface area contributed by atoms with Crippen LogP contribution in [0.2, 0.25) is 0 Å². The summed E-state index contributed by atoms with van der Waals surface area (Å²) in [6.07, 6.45) is 0. The number of aromatic nitrogens is 2. The molecule has 0 aliphatic carbocycles. The van der Waals surface area contributed by atoms with Gasteiger partial charge in [0.05, 0.1) is 5.75 Å². The molecule has 0 aliphatic heterocycles. The Hall–Kier alpha value is -2.03. The largest absolute Gasteiger partial charge is 0.383 e. The molecule has 19 heavy (non-hydrogen) atoms. The van der Waals surface area contributed by atoms with Gasteiger partial charge in [0.2, 0.25) is 11.8 Å². The highest BCUT2D eigenvalue weighted by atomic mass is 32.2. The van der Waals surface area contributed by atoms with Gasteiger partial charge in [-0.15, -0.1) is 0 Å². The Bertz CT molecular complexity index is 447. The fourth-order valence-electron chi connectivity index (χ4n) is 1.15. The Labute approximate surface area is 114 Å². The molecule has 8 nitrogen and oxygen atoms in total. The molecule has 0 aliphatic rings. The molecule has 9 heteroatoms. The first-order chi connectivity index (χ1) is 8.97. The molecule has 104 valence electrons. The van der Waals surface area contributed by atoms with Crippen LogP contribution in [0.15, 0.2) is 11.2 Å². The second-order valence-corrected chi connectivity index (χ2v) is 4.56. The van der Waals surface area contributed by atoms with E-state index in [2.05, 4.69) is 20.6 Å². The lowest BCUT2D eigenvalue weighted by molar-refractivity contribution is -0.120. The molecule has 0 saturated carbocycles. The molecule has 2 amide bonds. The van der Waals surface area contributed by atoms with Gasteiger partial charge in [-0.3, -0.25) is 9.59 Å². The van der Waals surface area contributed by atoms with Gasteiger partial charge in [0, 0.05) is 26.1 Å². The fourth-order valence-corrected chi connectivity index (χ4v) is 1.85. The Morgan fingerprint density at radius 3 is 2.37 bits per heavy atom.